The predicted molar refractivity (Wildman–Crippen MR) is 115 cm³/mol. The maximum atomic E-state index is 13.4. The number of hydrogen-bond donors (Lipinski definition) is 0. The molecule has 3 nitrogen and oxygen atoms in total. The van der Waals surface area contributed by atoms with Gasteiger partial charge < -0.3 is 9.14 Å². The molecule has 2 heterocycles. The monoisotopic (exact) mass is 377 g/mol. The van der Waals surface area contributed by atoms with Crippen molar-refractivity contribution in [2.24, 2.45) is 5.92 Å². The molecule has 0 saturated carbocycles. The van der Waals surface area contributed by atoms with Crippen LogP contribution >= 0.6 is 0 Å². The molecule has 3 heteroatoms. The van der Waals surface area contributed by atoms with Gasteiger partial charge in [-0.1, -0.05) is 63.9 Å². The molecule has 3 rings (SSSR count). The van der Waals surface area contributed by atoms with Gasteiger partial charge in [0, 0.05) is 12.1 Å². The predicted octanol–water partition coefficient (Wildman–Crippen LogP) is 6.48. The van der Waals surface area contributed by atoms with E-state index in [1.165, 1.54) is 0 Å². The van der Waals surface area contributed by atoms with Gasteiger partial charge >= 0.3 is 0 Å². The van der Waals surface area contributed by atoms with E-state index in [9.17, 15) is 4.79 Å². The zero-order valence-electron chi connectivity index (χ0n) is 17.3. The van der Waals surface area contributed by atoms with Crippen molar-refractivity contribution in [1.29, 1.82) is 0 Å². The number of carbonyl (C=O) groups excluding carboxylic acids is 1. The van der Waals surface area contributed by atoms with Crippen molar-refractivity contribution in [2.75, 3.05) is 0 Å². The lowest BCUT2D eigenvalue weighted by molar-refractivity contribution is 0.0898. The molecule has 3 aromatic rings. The Morgan fingerprint density at radius 2 is 1.71 bits per heavy atom. The number of aryl methyl sites for hydroxylation is 1. The highest BCUT2D eigenvalue weighted by molar-refractivity contribution is 5.99. The summed E-state index contributed by atoms with van der Waals surface area (Å²) in [4.78, 5) is 13.4. The largest absolute Gasteiger partial charge is 0.487 e. The highest BCUT2D eigenvalue weighted by atomic mass is 16.5. The zero-order chi connectivity index (χ0) is 19.9. The minimum atomic E-state index is 0.104. The molecule has 0 atom stereocenters. The molecule has 0 aliphatic heterocycles. The minimum Gasteiger partial charge on any atom is -0.487 e. The Balaban J connectivity index is 1.96. The number of fused-ring (bicyclic) bond motifs is 1. The highest BCUT2D eigenvalue weighted by Crippen LogP contribution is 2.30. The number of benzene rings is 1. The molecule has 0 N–H and O–H groups in total. The van der Waals surface area contributed by atoms with Crippen molar-refractivity contribution in [2.45, 2.75) is 59.5 Å². The number of hydrogen-bond acceptors (Lipinski definition) is 2. The first-order valence-corrected chi connectivity index (χ1v) is 10.5. The number of Topliss-reactive ketones (excluding diaryl/α,β-unsaturated/α-hetero) is 1. The summed E-state index contributed by atoms with van der Waals surface area (Å²) in [5, 5.41) is 0. The van der Waals surface area contributed by atoms with E-state index in [1.54, 1.807) is 0 Å². The summed E-state index contributed by atoms with van der Waals surface area (Å²) in [6.07, 6.45) is 6.80. The Kier molecular flexibility index (Phi) is 6.91. The van der Waals surface area contributed by atoms with Crippen LogP contribution in [0.25, 0.3) is 5.52 Å². The molecule has 0 aliphatic rings. The van der Waals surface area contributed by atoms with Crippen LogP contribution in [-0.2, 0) is 13.0 Å². The summed E-state index contributed by atoms with van der Waals surface area (Å²) in [7, 11) is 0. The van der Waals surface area contributed by atoms with Gasteiger partial charge in [-0.05, 0) is 48.6 Å². The van der Waals surface area contributed by atoms with Crippen LogP contribution in [-0.4, -0.2) is 10.2 Å². The zero-order valence-corrected chi connectivity index (χ0v) is 17.3. The number of ketones is 1. The summed E-state index contributed by atoms with van der Waals surface area (Å²) in [5.74, 6) is 1.20. The number of aromatic nitrogens is 1. The van der Waals surface area contributed by atoms with E-state index < -0.39 is 0 Å². The molecule has 28 heavy (non-hydrogen) atoms. The summed E-state index contributed by atoms with van der Waals surface area (Å²) >= 11 is 0. The van der Waals surface area contributed by atoms with Gasteiger partial charge in [-0.25, -0.2) is 0 Å². The lowest BCUT2D eigenvalue weighted by atomic mass is 9.90. The average Bonchev–Trinajstić information content (AvgIpc) is 3.11. The summed E-state index contributed by atoms with van der Waals surface area (Å²) in [6, 6.07) is 16.2. The molecule has 0 bridgehead atoms. The summed E-state index contributed by atoms with van der Waals surface area (Å²) in [6.45, 7) is 6.94. The van der Waals surface area contributed by atoms with Crippen LogP contribution < -0.4 is 4.74 Å². The van der Waals surface area contributed by atoms with Gasteiger partial charge in [0.15, 0.2) is 5.78 Å². The smallest absolute Gasteiger partial charge is 0.182 e. The van der Waals surface area contributed by atoms with E-state index in [1.807, 2.05) is 40.9 Å². The van der Waals surface area contributed by atoms with Gasteiger partial charge in [-0.3, -0.25) is 4.79 Å². The van der Waals surface area contributed by atoms with Gasteiger partial charge in [0.25, 0.3) is 0 Å². The highest BCUT2D eigenvalue weighted by Gasteiger charge is 2.25. The van der Waals surface area contributed by atoms with Gasteiger partial charge in [0.1, 0.15) is 12.4 Å². The number of ether oxygens (including phenoxy) is 1. The quantitative estimate of drug-likeness (QED) is 0.379. The molecule has 2 aromatic heterocycles. The van der Waals surface area contributed by atoms with Gasteiger partial charge in [0.05, 0.1) is 11.2 Å². The Bertz CT molecular complexity index is 905. The summed E-state index contributed by atoms with van der Waals surface area (Å²) < 4.78 is 8.16. The van der Waals surface area contributed by atoms with E-state index in [2.05, 4.69) is 39.0 Å². The molecule has 0 spiro atoms. The Morgan fingerprint density at radius 3 is 2.36 bits per heavy atom. The SMILES string of the molecule is CCCC(CCC)C(=O)c1c(CC)cc2c(OCc3ccccc3)cccn12. The van der Waals surface area contributed by atoms with Crippen molar-refractivity contribution in [3.05, 3.63) is 71.5 Å². The van der Waals surface area contributed by atoms with E-state index in [0.717, 1.165) is 60.2 Å². The van der Waals surface area contributed by atoms with Gasteiger partial charge in [-0.15, -0.1) is 0 Å². The second kappa shape index (κ2) is 9.59. The lowest BCUT2D eigenvalue weighted by Crippen LogP contribution is -2.18. The van der Waals surface area contributed by atoms with Crippen molar-refractivity contribution in [3.63, 3.8) is 0 Å². The van der Waals surface area contributed by atoms with Crippen molar-refractivity contribution < 1.29 is 9.53 Å². The van der Waals surface area contributed by atoms with Crippen LogP contribution in [0.4, 0.5) is 0 Å². The lowest BCUT2D eigenvalue weighted by Gasteiger charge is -2.16. The van der Waals surface area contributed by atoms with Gasteiger partial charge in [-0.2, -0.15) is 0 Å². The fourth-order valence-electron chi connectivity index (χ4n) is 3.93. The van der Waals surface area contributed by atoms with Crippen LogP contribution in [0.5, 0.6) is 5.75 Å². The van der Waals surface area contributed by atoms with E-state index in [4.69, 9.17) is 4.74 Å². The van der Waals surface area contributed by atoms with Crippen LogP contribution in [0.2, 0.25) is 0 Å². The van der Waals surface area contributed by atoms with Crippen molar-refractivity contribution in [3.8, 4) is 5.75 Å². The molecular formula is C25H31NO2. The first-order valence-electron chi connectivity index (χ1n) is 10.5. The standard InChI is InChI=1S/C25H31NO2/c1-4-11-21(12-5-2)25(27)24-20(6-3)17-22-23(15-10-16-26(22)24)28-18-19-13-8-7-9-14-19/h7-10,13-17,21H,4-6,11-12,18H2,1-3H3. The molecule has 0 saturated heterocycles. The molecule has 0 amide bonds. The van der Waals surface area contributed by atoms with Crippen LogP contribution in [0.3, 0.4) is 0 Å². The first kappa shape index (κ1) is 20.2. The van der Waals surface area contributed by atoms with E-state index in [0.29, 0.717) is 6.61 Å². The molecule has 0 unspecified atom stereocenters. The topological polar surface area (TPSA) is 30.7 Å². The molecule has 0 radical (unpaired) electrons. The van der Waals surface area contributed by atoms with Gasteiger partial charge in [0.2, 0.25) is 0 Å². The van der Waals surface area contributed by atoms with Crippen LogP contribution in [0, 0.1) is 5.92 Å². The third kappa shape index (κ3) is 4.30. The van der Waals surface area contributed by atoms with E-state index in [-0.39, 0.29) is 11.7 Å². The van der Waals surface area contributed by atoms with Crippen LogP contribution in [0.1, 0.15) is 68.1 Å². The Hall–Kier alpha value is -2.55. The second-order valence-electron chi connectivity index (χ2n) is 7.41. The Morgan fingerprint density at radius 1 is 1.00 bits per heavy atom. The molecule has 148 valence electrons. The number of carbonyl (C=O) groups is 1. The Labute approximate surface area is 168 Å². The maximum absolute atomic E-state index is 13.4. The van der Waals surface area contributed by atoms with Crippen molar-refractivity contribution in [1.82, 2.24) is 4.40 Å². The fourth-order valence-corrected chi connectivity index (χ4v) is 3.93. The number of rotatable bonds is 10. The third-order valence-corrected chi connectivity index (χ3v) is 5.35. The minimum absolute atomic E-state index is 0.104. The first-order chi connectivity index (χ1) is 13.7. The maximum Gasteiger partial charge on any atom is 0.182 e. The second-order valence-corrected chi connectivity index (χ2v) is 7.41. The molecule has 0 aliphatic carbocycles. The number of pyridine rings is 1. The fraction of sp³-hybridized carbons (Fsp3) is 0.400. The normalized spacial score (nSPS) is 11.3. The summed E-state index contributed by atoms with van der Waals surface area (Å²) in [5.41, 5.74) is 4.06. The van der Waals surface area contributed by atoms with E-state index >= 15 is 0 Å². The van der Waals surface area contributed by atoms with Crippen molar-refractivity contribution >= 4 is 11.3 Å². The third-order valence-electron chi connectivity index (χ3n) is 5.35. The molecule has 1 aromatic carbocycles. The van der Waals surface area contributed by atoms with Crippen LogP contribution in [0.15, 0.2) is 54.7 Å². The molecular weight excluding hydrogens is 346 g/mol. The average molecular weight is 378 g/mol. The molecule has 0 fully saturated rings. The number of nitrogens with zero attached hydrogens (tertiary/aromatic N) is 1.